The number of aryl methyl sites for hydroxylation is 1. The summed E-state index contributed by atoms with van der Waals surface area (Å²) >= 11 is 0. The van der Waals surface area contributed by atoms with Gasteiger partial charge >= 0.3 is 6.03 Å². The van der Waals surface area contributed by atoms with Crippen LogP contribution in [0.25, 0.3) is 0 Å². The Labute approximate surface area is 170 Å². The third-order valence-corrected chi connectivity index (χ3v) is 5.32. The molecule has 2 N–H and O–H groups in total. The Hall–Kier alpha value is -3.06. The van der Waals surface area contributed by atoms with Gasteiger partial charge in [-0.05, 0) is 49.6 Å². The number of nitrogens with zero attached hydrogens (tertiary/aromatic N) is 1. The Morgan fingerprint density at radius 1 is 1.10 bits per heavy atom. The van der Waals surface area contributed by atoms with Crippen LogP contribution < -0.4 is 20.1 Å². The summed E-state index contributed by atoms with van der Waals surface area (Å²) in [5, 5.41) is 5.07. The Morgan fingerprint density at radius 3 is 2.76 bits per heavy atom. The average molecular weight is 395 g/mol. The molecule has 0 spiro atoms. The van der Waals surface area contributed by atoms with E-state index in [1.165, 1.54) is 11.1 Å². The third-order valence-electron chi connectivity index (χ3n) is 5.32. The highest BCUT2D eigenvalue weighted by molar-refractivity contribution is 6.01. The molecule has 2 aliphatic rings. The minimum Gasteiger partial charge on any atom is -0.486 e. The molecule has 1 atom stereocenters. The van der Waals surface area contributed by atoms with Crippen LogP contribution in [0, 0.1) is 0 Å². The lowest BCUT2D eigenvalue weighted by molar-refractivity contribution is -0.121. The highest BCUT2D eigenvalue weighted by Crippen LogP contribution is 2.33. The van der Waals surface area contributed by atoms with Gasteiger partial charge in [0.1, 0.15) is 13.2 Å². The predicted molar refractivity (Wildman–Crippen MR) is 109 cm³/mol. The smallest absolute Gasteiger partial charge is 0.325 e. The van der Waals surface area contributed by atoms with Crippen LogP contribution in [0.3, 0.4) is 0 Å². The second-order valence-electron chi connectivity index (χ2n) is 7.38. The Morgan fingerprint density at radius 2 is 1.90 bits per heavy atom. The summed E-state index contributed by atoms with van der Waals surface area (Å²) in [5.74, 6) is 0.884. The van der Waals surface area contributed by atoms with E-state index in [-0.39, 0.29) is 18.5 Å². The number of fused-ring (bicyclic) bond motifs is 2. The number of hydrogen-bond acceptors (Lipinski definition) is 5. The summed E-state index contributed by atoms with van der Waals surface area (Å²) in [4.78, 5) is 26.6. The van der Waals surface area contributed by atoms with Gasteiger partial charge in [-0.25, -0.2) is 4.79 Å². The molecular formula is C22H25N3O4. The molecule has 2 aromatic carbocycles. The van der Waals surface area contributed by atoms with E-state index in [9.17, 15) is 9.59 Å². The fourth-order valence-electron chi connectivity index (χ4n) is 3.97. The molecule has 7 nitrogen and oxygen atoms in total. The largest absolute Gasteiger partial charge is 0.486 e. The number of rotatable bonds is 4. The van der Waals surface area contributed by atoms with Crippen molar-refractivity contribution in [3.63, 3.8) is 0 Å². The van der Waals surface area contributed by atoms with E-state index in [1.54, 1.807) is 18.2 Å². The Balaban J connectivity index is 1.32. The van der Waals surface area contributed by atoms with E-state index in [2.05, 4.69) is 28.8 Å². The highest BCUT2D eigenvalue weighted by atomic mass is 16.6. The van der Waals surface area contributed by atoms with Crippen LogP contribution in [0.15, 0.2) is 42.5 Å². The lowest BCUT2D eigenvalue weighted by atomic mass is 9.87. The molecule has 1 unspecified atom stereocenters. The zero-order chi connectivity index (χ0) is 20.2. The van der Waals surface area contributed by atoms with E-state index >= 15 is 0 Å². The zero-order valence-electron chi connectivity index (χ0n) is 16.4. The summed E-state index contributed by atoms with van der Waals surface area (Å²) in [6.45, 7) is 1.12. The molecule has 1 aliphatic heterocycles. The third kappa shape index (κ3) is 4.51. The zero-order valence-corrected chi connectivity index (χ0v) is 16.4. The first-order valence-corrected chi connectivity index (χ1v) is 9.88. The number of urea groups is 1. The molecule has 29 heavy (non-hydrogen) atoms. The number of nitrogens with one attached hydrogen (secondary N) is 2. The normalized spacial score (nSPS) is 17.4. The first-order valence-electron chi connectivity index (χ1n) is 9.88. The van der Waals surface area contributed by atoms with E-state index in [0.29, 0.717) is 30.4 Å². The van der Waals surface area contributed by atoms with Crippen LogP contribution in [0.4, 0.5) is 10.5 Å². The molecule has 152 valence electrons. The maximum atomic E-state index is 12.4. The lowest BCUT2D eigenvalue weighted by Crippen LogP contribution is -2.42. The van der Waals surface area contributed by atoms with Gasteiger partial charge < -0.3 is 14.8 Å². The Bertz CT molecular complexity index is 915. The molecule has 0 radical (unpaired) electrons. The van der Waals surface area contributed by atoms with E-state index in [1.807, 2.05) is 18.0 Å². The van der Waals surface area contributed by atoms with Crippen LogP contribution in [-0.2, 0) is 11.2 Å². The highest BCUT2D eigenvalue weighted by Gasteiger charge is 2.25. The first-order chi connectivity index (χ1) is 14.1. The first kappa shape index (κ1) is 19.3. The second-order valence-corrected chi connectivity index (χ2v) is 7.38. The number of carbonyl (C=O) groups is 2. The van der Waals surface area contributed by atoms with Crippen molar-refractivity contribution < 1.29 is 19.1 Å². The molecular weight excluding hydrogens is 370 g/mol. The van der Waals surface area contributed by atoms with Crippen LogP contribution in [0.5, 0.6) is 11.5 Å². The summed E-state index contributed by atoms with van der Waals surface area (Å²) < 4.78 is 11.0. The second kappa shape index (κ2) is 8.53. The quantitative estimate of drug-likeness (QED) is 0.832. The van der Waals surface area contributed by atoms with Crippen molar-refractivity contribution in [2.24, 2.45) is 0 Å². The minimum absolute atomic E-state index is 0.146. The van der Waals surface area contributed by atoms with Gasteiger partial charge in [-0.1, -0.05) is 24.3 Å². The van der Waals surface area contributed by atoms with Gasteiger partial charge in [-0.2, -0.15) is 0 Å². The molecule has 0 aromatic heterocycles. The van der Waals surface area contributed by atoms with Crippen molar-refractivity contribution in [3.8, 4) is 11.5 Å². The van der Waals surface area contributed by atoms with Crippen LogP contribution >= 0.6 is 0 Å². The van der Waals surface area contributed by atoms with Crippen molar-refractivity contribution in [2.75, 3.05) is 32.1 Å². The monoisotopic (exact) mass is 395 g/mol. The minimum atomic E-state index is -0.566. The number of ether oxygens (including phenoxy) is 2. The van der Waals surface area contributed by atoms with Gasteiger partial charge in [0.2, 0.25) is 5.91 Å². The number of amides is 3. The van der Waals surface area contributed by atoms with Crippen LogP contribution in [-0.4, -0.2) is 43.6 Å². The molecule has 0 fully saturated rings. The number of anilines is 1. The summed E-state index contributed by atoms with van der Waals surface area (Å²) in [6.07, 6.45) is 3.17. The number of carbonyl (C=O) groups excluding carboxylic acids is 2. The van der Waals surface area contributed by atoms with Gasteiger partial charge in [0.25, 0.3) is 0 Å². The molecule has 0 bridgehead atoms. The average Bonchev–Trinajstić information content (AvgIpc) is 2.73. The van der Waals surface area contributed by atoms with Gasteiger partial charge in [0.05, 0.1) is 6.54 Å². The molecule has 2 aromatic rings. The number of imide groups is 1. The molecule has 0 saturated heterocycles. The molecule has 1 aliphatic carbocycles. The molecule has 0 saturated carbocycles. The lowest BCUT2D eigenvalue weighted by Gasteiger charge is -2.32. The summed E-state index contributed by atoms with van der Waals surface area (Å²) in [5.41, 5.74) is 3.15. The number of likely N-dealkylation sites (N-methyl/N-ethyl adjacent to an activating group) is 1. The van der Waals surface area contributed by atoms with Gasteiger partial charge in [-0.15, -0.1) is 0 Å². The number of hydrogen-bond donors (Lipinski definition) is 2. The molecule has 1 heterocycles. The van der Waals surface area contributed by atoms with E-state index < -0.39 is 6.03 Å². The van der Waals surface area contributed by atoms with Crippen molar-refractivity contribution in [2.45, 2.75) is 25.3 Å². The molecule has 3 amide bonds. The molecule has 7 heteroatoms. The molecule has 4 rings (SSSR count). The maximum absolute atomic E-state index is 12.4. The Kier molecular flexibility index (Phi) is 5.67. The van der Waals surface area contributed by atoms with Crippen LogP contribution in [0.2, 0.25) is 0 Å². The SMILES string of the molecule is CN(CC(=O)NC(=O)Nc1ccc2c(c1)OCCO2)C1CCCc2ccccc21. The summed E-state index contributed by atoms with van der Waals surface area (Å²) in [6, 6.07) is 13.1. The fourth-order valence-corrected chi connectivity index (χ4v) is 3.97. The topological polar surface area (TPSA) is 79.9 Å². The number of benzene rings is 2. The predicted octanol–water partition coefficient (Wildman–Crippen LogP) is 3.12. The van der Waals surface area contributed by atoms with Gasteiger partial charge in [0.15, 0.2) is 11.5 Å². The van der Waals surface area contributed by atoms with Crippen molar-refractivity contribution in [3.05, 3.63) is 53.6 Å². The fraction of sp³-hybridized carbons (Fsp3) is 0.364. The summed E-state index contributed by atoms with van der Waals surface area (Å²) in [7, 11) is 1.92. The van der Waals surface area contributed by atoms with Crippen molar-refractivity contribution >= 4 is 17.6 Å². The van der Waals surface area contributed by atoms with Gasteiger partial charge in [-0.3, -0.25) is 15.0 Å². The van der Waals surface area contributed by atoms with Crippen LogP contribution in [0.1, 0.15) is 30.0 Å². The van der Waals surface area contributed by atoms with E-state index in [4.69, 9.17) is 9.47 Å². The van der Waals surface area contributed by atoms with Gasteiger partial charge in [0, 0.05) is 17.8 Å². The standard InChI is InChI=1S/C22H25N3O4/c1-25(18-8-4-6-15-5-2-3-7-17(15)18)14-21(26)24-22(27)23-16-9-10-19-20(13-16)29-12-11-28-19/h2-3,5,7,9-10,13,18H,4,6,8,11-12,14H2,1H3,(H2,23,24,26,27). The van der Waals surface area contributed by atoms with Crippen molar-refractivity contribution in [1.29, 1.82) is 0 Å². The van der Waals surface area contributed by atoms with E-state index in [0.717, 1.165) is 19.3 Å². The maximum Gasteiger partial charge on any atom is 0.325 e. The van der Waals surface area contributed by atoms with Crippen molar-refractivity contribution in [1.82, 2.24) is 10.2 Å².